The number of piperidine rings is 1. The van der Waals surface area contributed by atoms with Crippen molar-refractivity contribution in [2.24, 2.45) is 0 Å². The van der Waals surface area contributed by atoms with Crippen molar-refractivity contribution in [2.45, 2.75) is 54.8 Å². The third-order valence-electron chi connectivity index (χ3n) is 4.56. The van der Waals surface area contributed by atoms with Crippen molar-refractivity contribution in [2.75, 3.05) is 0 Å². The Labute approximate surface area is 119 Å². The van der Waals surface area contributed by atoms with Crippen LogP contribution in [0.5, 0.6) is 0 Å². The molecule has 3 atom stereocenters. The number of amides is 1. The molecule has 2 bridgehead atoms. The van der Waals surface area contributed by atoms with Crippen molar-refractivity contribution in [3.63, 3.8) is 0 Å². The van der Waals surface area contributed by atoms with Crippen molar-refractivity contribution in [3.8, 4) is 0 Å². The maximum absolute atomic E-state index is 12.7. The molecule has 4 nitrogen and oxygen atoms in total. The van der Waals surface area contributed by atoms with Gasteiger partial charge in [0.15, 0.2) is 9.84 Å². The molecule has 2 heterocycles. The highest BCUT2D eigenvalue weighted by Gasteiger charge is 2.46. The number of sulfone groups is 1. The predicted octanol–water partition coefficient (Wildman–Crippen LogP) is 2.00. The topological polar surface area (TPSA) is 54.5 Å². The summed E-state index contributed by atoms with van der Waals surface area (Å²) in [6, 6.07) is 8.87. The average Bonchev–Trinajstić information content (AvgIpc) is 2.70. The molecule has 0 aromatic heterocycles. The van der Waals surface area contributed by atoms with E-state index in [1.54, 1.807) is 31.2 Å². The second-order valence-electron chi connectivity index (χ2n) is 5.76. The van der Waals surface area contributed by atoms with Crippen LogP contribution in [0, 0.1) is 0 Å². The molecule has 0 N–H and O–H groups in total. The normalized spacial score (nSPS) is 29.4. The van der Waals surface area contributed by atoms with Gasteiger partial charge in [0.05, 0.1) is 10.1 Å². The SMILES string of the molecule is CC(=O)N1[C@@H]2CC[C@H]1CC(S(=O)(=O)c1ccccc1)C2. The lowest BCUT2D eigenvalue weighted by molar-refractivity contribution is -0.132. The van der Waals surface area contributed by atoms with Crippen LogP contribution < -0.4 is 0 Å². The third-order valence-corrected chi connectivity index (χ3v) is 6.76. The largest absolute Gasteiger partial charge is 0.337 e. The molecule has 108 valence electrons. The molecule has 2 aliphatic heterocycles. The molecule has 1 aromatic rings. The predicted molar refractivity (Wildman–Crippen MR) is 76.0 cm³/mol. The summed E-state index contributed by atoms with van der Waals surface area (Å²) in [5, 5.41) is -0.349. The summed E-state index contributed by atoms with van der Waals surface area (Å²) in [5.74, 6) is 0.0769. The van der Waals surface area contributed by atoms with Crippen LogP contribution in [0.1, 0.15) is 32.6 Å². The van der Waals surface area contributed by atoms with Crippen molar-refractivity contribution >= 4 is 15.7 Å². The van der Waals surface area contributed by atoms with E-state index in [4.69, 9.17) is 0 Å². The fourth-order valence-corrected chi connectivity index (χ4v) is 5.57. The Balaban J connectivity index is 1.86. The van der Waals surface area contributed by atoms with E-state index in [2.05, 4.69) is 0 Å². The minimum atomic E-state index is -3.27. The zero-order chi connectivity index (χ0) is 14.3. The molecule has 5 heteroatoms. The monoisotopic (exact) mass is 293 g/mol. The van der Waals surface area contributed by atoms with Gasteiger partial charge in [-0.1, -0.05) is 18.2 Å². The number of hydrogen-bond acceptors (Lipinski definition) is 3. The van der Waals surface area contributed by atoms with Gasteiger partial charge >= 0.3 is 0 Å². The number of nitrogens with zero attached hydrogens (tertiary/aromatic N) is 1. The van der Waals surface area contributed by atoms with E-state index in [0.717, 1.165) is 12.8 Å². The van der Waals surface area contributed by atoms with Crippen LogP contribution in [-0.4, -0.2) is 36.6 Å². The first-order chi connectivity index (χ1) is 9.50. The molecular formula is C15H19NO3S. The Hall–Kier alpha value is -1.36. The fourth-order valence-electron chi connectivity index (χ4n) is 3.70. The first kappa shape index (κ1) is 13.6. The van der Waals surface area contributed by atoms with Gasteiger partial charge in [0.25, 0.3) is 0 Å². The average molecular weight is 293 g/mol. The van der Waals surface area contributed by atoms with Crippen LogP contribution in [-0.2, 0) is 14.6 Å². The molecule has 0 aliphatic carbocycles. The molecule has 0 spiro atoms. The van der Waals surface area contributed by atoms with Gasteiger partial charge in [-0.3, -0.25) is 4.79 Å². The number of hydrogen-bond donors (Lipinski definition) is 0. The van der Waals surface area contributed by atoms with E-state index in [1.807, 2.05) is 11.0 Å². The summed E-state index contributed by atoms with van der Waals surface area (Å²) in [6.07, 6.45) is 3.02. The summed E-state index contributed by atoms with van der Waals surface area (Å²) in [6.45, 7) is 1.58. The molecular weight excluding hydrogens is 274 g/mol. The fraction of sp³-hybridized carbons (Fsp3) is 0.533. The van der Waals surface area contributed by atoms with Gasteiger partial charge in [-0.25, -0.2) is 8.42 Å². The van der Waals surface area contributed by atoms with E-state index < -0.39 is 9.84 Å². The molecule has 2 saturated heterocycles. The zero-order valence-corrected chi connectivity index (χ0v) is 12.3. The van der Waals surface area contributed by atoms with Crippen molar-refractivity contribution < 1.29 is 13.2 Å². The first-order valence-electron chi connectivity index (χ1n) is 7.08. The van der Waals surface area contributed by atoms with Gasteiger partial charge in [-0.2, -0.15) is 0 Å². The molecule has 1 unspecified atom stereocenters. The van der Waals surface area contributed by atoms with Crippen LogP contribution in [0.3, 0.4) is 0 Å². The molecule has 1 aromatic carbocycles. The van der Waals surface area contributed by atoms with Crippen molar-refractivity contribution in [3.05, 3.63) is 30.3 Å². The summed E-state index contributed by atoms with van der Waals surface area (Å²) >= 11 is 0. The van der Waals surface area contributed by atoms with Crippen LogP contribution in [0.15, 0.2) is 35.2 Å². The van der Waals surface area contributed by atoms with E-state index >= 15 is 0 Å². The molecule has 2 aliphatic rings. The summed E-state index contributed by atoms with van der Waals surface area (Å²) in [4.78, 5) is 14.0. The maximum atomic E-state index is 12.7. The lowest BCUT2D eigenvalue weighted by Crippen LogP contribution is -2.48. The molecule has 3 rings (SSSR count). The van der Waals surface area contributed by atoms with Gasteiger partial charge in [-0.05, 0) is 37.8 Å². The number of fused-ring (bicyclic) bond motifs is 2. The lowest BCUT2D eigenvalue weighted by atomic mass is 10.0. The van der Waals surface area contributed by atoms with Gasteiger partial charge in [0, 0.05) is 19.0 Å². The lowest BCUT2D eigenvalue weighted by Gasteiger charge is -2.38. The number of benzene rings is 1. The molecule has 20 heavy (non-hydrogen) atoms. The smallest absolute Gasteiger partial charge is 0.219 e. The second kappa shape index (κ2) is 4.88. The Morgan fingerprint density at radius 2 is 1.65 bits per heavy atom. The summed E-state index contributed by atoms with van der Waals surface area (Å²) < 4.78 is 25.4. The Bertz CT molecular complexity index is 597. The highest BCUT2D eigenvalue weighted by Crippen LogP contribution is 2.39. The Morgan fingerprint density at radius 3 is 2.15 bits per heavy atom. The maximum Gasteiger partial charge on any atom is 0.219 e. The molecule has 1 amide bonds. The minimum absolute atomic E-state index is 0.0769. The number of carbonyl (C=O) groups excluding carboxylic acids is 1. The minimum Gasteiger partial charge on any atom is -0.337 e. The molecule has 0 radical (unpaired) electrons. The zero-order valence-electron chi connectivity index (χ0n) is 11.5. The van der Waals surface area contributed by atoms with Crippen molar-refractivity contribution in [1.82, 2.24) is 4.90 Å². The highest BCUT2D eigenvalue weighted by molar-refractivity contribution is 7.92. The standard InChI is InChI=1S/C15H19NO3S/c1-11(17)16-12-7-8-13(16)10-15(9-12)20(18,19)14-5-3-2-4-6-14/h2-6,12-13,15H,7-10H2,1H3/t12-,13+,15?. The van der Waals surface area contributed by atoms with Crippen LogP contribution in [0.25, 0.3) is 0 Å². The van der Waals surface area contributed by atoms with Gasteiger partial charge in [0.1, 0.15) is 0 Å². The van der Waals surface area contributed by atoms with Crippen molar-refractivity contribution in [1.29, 1.82) is 0 Å². The van der Waals surface area contributed by atoms with Gasteiger partial charge < -0.3 is 4.90 Å². The Kier molecular flexibility index (Phi) is 3.32. The van der Waals surface area contributed by atoms with Gasteiger partial charge in [-0.15, -0.1) is 0 Å². The van der Waals surface area contributed by atoms with E-state index in [-0.39, 0.29) is 23.2 Å². The van der Waals surface area contributed by atoms with Crippen LogP contribution in [0.4, 0.5) is 0 Å². The first-order valence-corrected chi connectivity index (χ1v) is 8.62. The third kappa shape index (κ3) is 2.14. The summed E-state index contributed by atoms with van der Waals surface area (Å²) in [7, 11) is -3.27. The quantitative estimate of drug-likeness (QED) is 0.838. The number of rotatable bonds is 2. The van der Waals surface area contributed by atoms with Gasteiger partial charge in [0.2, 0.25) is 5.91 Å². The van der Waals surface area contributed by atoms with Crippen LogP contribution in [0.2, 0.25) is 0 Å². The number of carbonyl (C=O) groups is 1. The van der Waals surface area contributed by atoms with E-state index in [9.17, 15) is 13.2 Å². The Morgan fingerprint density at radius 1 is 1.10 bits per heavy atom. The molecule has 0 saturated carbocycles. The molecule has 2 fully saturated rings. The van der Waals surface area contributed by atoms with E-state index in [0.29, 0.717) is 17.7 Å². The van der Waals surface area contributed by atoms with Crippen LogP contribution >= 0.6 is 0 Å². The van der Waals surface area contributed by atoms with E-state index in [1.165, 1.54) is 0 Å². The summed E-state index contributed by atoms with van der Waals surface area (Å²) in [5.41, 5.74) is 0. The second-order valence-corrected chi connectivity index (χ2v) is 7.99. The highest BCUT2D eigenvalue weighted by atomic mass is 32.2.